The summed E-state index contributed by atoms with van der Waals surface area (Å²) in [4.78, 5) is 0. The van der Waals surface area contributed by atoms with Crippen LogP contribution in [-0.4, -0.2) is 7.05 Å². The molecule has 2 heteroatoms. The molecule has 0 atom stereocenters. The summed E-state index contributed by atoms with van der Waals surface area (Å²) in [6, 6.07) is 0. The van der Waals surface area contributed by atoms with Gasteiger partial charge in [-0.25, -0.2) is 0 Å². The Balaban J connectivity index is 0. The van der Waals surface area contributed by atoms with Gasteiger partial charge in [0, 0.05) is 19.5 Å². The Morgan fingerprint density at radius 1 is 1.60 bits per heavy atom. The van der Waals surface area contributed by atoms with E-state index in [-0.39, 0.29) is 19.5 Å². The third-order valence-corrected chi connectivity index (χ3v) is 0.289. The molecule has 0 aliphatic heterocycles. The van der Waals surface area contributed by atoms with Crippen LogP contribution in [0.15, 0.2) is 0 Å². The fourth-order valence-corrected chi connectivity index (χ4v) is 0. The summed E-state index contributed by atoms with van der Waals surface area (Å²) >= 11 is 0. The second-order valence-electron chi connectivity index (χ2n) is 0.577. The maximum Gasteiger partial charge on any atom is 0 e. The number of hydrogen-bond acceptors (Lipinski definition) is 1. The molecule has 0 heterocycles. The van der Waals surface area contributed by atoms with Crippen LogP contribution in [0, 0.1) is 6.54 Å². The molecule has 0 aromatic rings. The van der Waals surface area contributed by atoms with Crippen molar-refractivity contribution in [3.05, 3.63) is 6.54 Å². The first-order valence-electron chi connectivity index (χ1n) is 1.37. The van der Waals surface area contributed by atoms with Crippen molar-refractivity contribution in [2.24, 2.45) is 0 Å². The second-order valence-corrected chi connectivity index (χ2v) is 0.577. The molecular formula is C3H8NRh-. The maximum absolute atomic E-state index is 2.81. The number of rotatable bonds is 1. The van der Waals surface area contributed by atoms with Gasteiger partial charge >= 0.3 is 0 Å². The Morgan fingerprint density at radius 3 is 1.80 bits per heavy atom. The van der Waals surface area contributed by atoms with Crippen molar-refractivity contribution in [2.45, 2.75) is 6.92 Å². The van der Waals surface area contributed by atoms with Gasteiger partial charge in [-0.1, -0.05) is 0 Å². The zero-order valence-corrected chi connectivity index (χ0v) is 5.05. The van der Waals surface area contributed by atoms with Gasteiger partial charge in [-0.15, -0.1) is 0 Å². The van der Waals surface area contributed by atoms with E-state index in [0.717, 1.165) is 0 Å². The number of nitrogens with one attached hydrogen (secondary N) is 1. The Bertz CT molecular complexity index is 8.85. The van der Waals surface area contributed by atoms with Gasteiger partial charge in [0.15, 0.2) is 0 Å². The molecule has 0 fully saturated rings. The van der Waals surface area contributed by atoms with Crippen molar-refractivity contribution in [2.75, 3.05) is 7.05 Å². The molecule has 0 rings (SSSR count). The van der Waals surface area contributed by atoms with Crippen molar-refractivity contribution in [1.82, 2.24) is 5.32 Å². The molecular weight excluding hydrogens is 153 g/mol. The standard InChI is InChI=1S/C3H8N.Rh/c1-3-4-2;/h3-4H,1-2H3;/q-1;. The van der Waals surface area contributed by atoms with E-state index < -0.39 is 0 Å². The fraction of sp³-hybridized carbons (Fsp3) is 0.667. The van der Waals surface area contributed by atoms with Gasteiger partial charge in [0.05, 0.1) is 0 Å². The topological polar surface area (TPSA) is 12.0 Å². The Labute approximate surface area is 45.9 Å². The van der Waals surface area contributed by atoms with Gasteiger partial charge < -0.3 is 5.32 Å². The Morgan fingerprint density at radius 2 is 1.80 bits per heavy atom. The Hall–Kier alpha value is 0.583. The second kappa shape index (κ2) is 8.82. The van der Waals surface area contributed by atoms with E-state index in [1.54, 1.807) is 0 Å². The summed E-state index contributed by atoms with van der Waals surface area (Å²) in [7, 11) is 1.88. The predicted molar refractivity (Wildman–Crippen MR) is 19.0 cm³/mol. The minimum absolute atomic E-state index is 0. The van der Waals surface area contributed by atoms with E-state index in [0.29, 0.717) is 0 Å². The van der Waals surface area contributed by atoms with Crippen LogP contribution in [0.2, 0.25) is 0 Å². The maximum atomic E-state index is 2.81. The molecule has 0 bridgehead atoms. The molecule has 35 valence electrons. The predicted octanol–water partition coefficient (Wildman–Crippen LogP) is 0.385. The molecule has 0 unspecified atom stereocenters. The third-order valence-electron chi connectivity index (χ3n) is 0.289. The fourth-order valence-electron chi connectivity index (χ4n) is 0. The van der Waals surface area contributed by atoms with E-state index in [1.165, 1.54) is 0 Å². The zero-order valence-electron chi connectivity index (χ0n) is 3.41. The molecule has 0 amide bonds. The van der Waals surface area contributed by atoms with E-state index in [1.807, 2.05) is 20.5 Å². The molecule has 0 saturated carbocycles. The Kier molecular flexibility index (Phi) is 16.1. The first-order valence-corrected chi connectivity index (χ1v) is 1.37. The van der Waals surface area contributed by atoms with Crippen LogP contribution < -0.4 is 5.32 Å². The monoisotopic (exact) mass is 161 g/mol. The summed E-state index contributed by atoms with van der Waals surface area (Å²) in [6.45, 7) is 3.82. The molecule has 0 aliphatic rings. The van der Waals surface area contributed by atoms with Gasteiger partial charge in [-0.05, 0) is 7.05 Å². The quantitative estimate of drug-likeness (QED) is 0.433. The van der Waals surface area contributed by atoms with Crippen LogP contribution in [0.5, 0.6) is 0 Å². The van der Waals surface area contributed by atoms with E-state index in [2.05, 4.69) is 5.32 Å². The summed E-state index contributed by atoms with van der Waals surface area (Å²) in [6.07, 6.45) is 0. The van der Waals surface area contributed by atoms with Crippen molar-refractivity contribution in [3.63, 3.8) is 0 Å². The first-order chi connectivity index (χ1) is 1.91. The molecule has 5 heavy (non-hydrogen) atoms. The molecule has 1 N–H and O–H groups in total. The third kappa shape index (κ3) is 12.2. The van der Waals surface area contributed by atoms with Crippen LogP contribution in [0.25, 0.3) is 0 Å². The van der Waals surface area contributed by atoms with Crippen LogP contribution >= 0.6 is 0 Å². The van der Waals surface area contributed by atoms with Gasteiger partial charge in [0.25, 0.3) is 0 Å². The molecule has 0 saturated heterocycles. The number of hydrogen-bond donors (Lipinski definition) is 1. The van der Waals surface area contributed by atoms with Gasteiger partial charge in [0.2, 0.25) is 0 Å². The summed E-state index contributed by atoms with van der Waals surface area (Å²) in [5, 5.41) is 2.81. The molecule has 0 aliphatic carbocycles. The average molecular weight is 161 g/mol. The van der Waals surface area contributed by atoms with Crippen molar-refractivity contribution >= 4 is 0 Å². The summed E-state index contributed by atoms with van der Waals surface area (Å²) in [5.74, 6) is 0. The first kappa shape index (κ1) is 9.13. The zero-order chi connectivity index (χ0) is 3.41. The van der Waals surface area contributed by atoms with Gasteiger partial charge in [-0.3, -0.25) is 6.54 Å². The summed E-state index contributed by atoms with van der Waals surface area (Å²) < 4.78 is 0. The molecule has 0 aromatic heterocycles. The smallest absolute Gasteiger partial charge is 0 e. The van der Waals surface area contributed by atoms with Crippen LogP contribution in [0.4, 0.5) is 0 Å². The minimum Gasteiger partial charge on any atom is -0.473 e. The molecule has 0 spiro atoms. The van der Waals surface area contributed by atoms with Crippen molar-refractivity contribution in [3.8, 4) is 0 Å². The van der Waals surface area contributed by atoms with E-state index in [9.17, 15) is 0 Å². The van der Waals surface area contributed by atoms with Gasteiger partial charge in [-0.2, -0.15) is 6.92 Å². The SMILES string of the molecule is C[CH-]NC.[Rh]. The molecule has 1 radical (unpaired) electrons. The molecule has 1 nitrogen and oxygen atoms in total. The molecule has 0 aromatic carbocycles. The minimum atomic E-state index is 0. The normalized spacial score (nSPS) is 6.00. The van der Waals surface area contributed by atoms with Crippen molar-refractivity contribution < 1.29 is 19.5 Å². The van der Waals surface area contributed by atoms with Crippen molar-refractivity contribution in [1.29, 1.82) is 0 Å². The largest absolute Gasteiger partial charge is 0.473 e. The summed E-state index contributed by atoms with van der Waals surface area (Å²) in [5.41, 5.74) is 0. The van der Waals surface area contributed by atoms with Gasteiger partial charge in [0.1, 0.15) is 0 Å². The van der Waals surface area contributed by atoms with E-state index >= 15 is 0 Å². The van der Waals surface area contributed by atoms with Crippen LogP contribution in [-0.2, 0) is 19.5 Å². The van der Waals surface area contributed by atoms with E-state index in [4.69, 9.17) is 0 Å². The average Bonchev–Trinajstić information content (AvgIpc) is 1.37. The van der Waals surface area contributed by atoms with Crippen LogP contribution in [0.3, 0.4) is 0 Å². The van der Waals surface area contributed by atoms with Crippen LogP contribution in [0.1, 0.15) is 6.92 Å².